The molecule has 2 heterocycles. The first kappa shape index (κ1) is 14.4. The van der Waals surface area contributed by atoms with Crippen LogP contribution < -0.4 is 0 Å². The largest absolute Gasteiger partial charge is 0.418 e. The number of hydrogen-bond acceptors (Lipinski definition) is 1. The van der Waals surface area contributed by atoms with Crippen LogP contribution in [0.5, 0.6) is 0 Å². The Kier molecular flexibility index (Phi) is 3.28. The van der Waals surface area contributed by atoms with Gasteiger partial charge in [0, 0.05) is 11.8 Å². The molecule has 0 saturated carbocycles. The van der Waals surface area contributed by atoms with E-state index < -0.39 is 17.5 Å². The Morgan fingerprint density at radius 3 is 2.36 bits per heavy atom. The van der Waals surface area contributed by atoms with E-state index in [4.69, 9.17) is 0 Å². The molecular formula is C17H12F3NO. The molecule has 0 aliphatic heterocycles. The second kappa shape index (κ2) is 5.02. The van der Waals surface area contributed by atoms with E-state index in [9.17, 15) is 18.0 Å². The molecule has 5 heteroatoms. The minimum atomic E-state index is -4.51. The number of pyridine rings is 1. The number of fused-ring (bicyclic) bond motifs is 1. The number of rotatable bonds is 2. The number of alkyl halides is 3. The smallest absolute Gasteiger partial charge is 0.313 e. The zero-order valence-corrected chi connectivity index (χ0v) is 11.7. The van der Waals surface area contributed by atoms with E-state index in [1.165, 1.54) is 16.7 Å². The van der Waals surface area contributed by atoms with Crippen LogP contribution in [0.4, 0.5) is 13.2 Å². The lowest BCUT2D eigenvalue weighted by Crippen LogP contribution is -2.04. The molecule has 112 valence electrons. The molecule has 0 aliphatic carbocycles. The van der Waals surface area contributed by atoms with E-state index >= 15 is 0 Å². The first-order valence-corrected chi connectivity index (χ1v) is 6.66. The molecule has 0 amide bonds. The number of aromatic nitrogens is 1. The van der Waals surface area contributed by atoms with Crippen molar-refractivity contribution < 1.29 is 18.0 Å². The monoisotopic (exact) mass is 303 g/mol. The Bertz CT molecular complexity index is 847. The van der Waals surface area contributed by atoms with Crippen molar-refractivity contribution in [3.8, 4) is 0 Å². The van der Waals surface area contributed by atoms with Crippen LogP contribution in [0.15, 0.2) is 54.7 Å². The second-order valence-electron chi connectivity index (χ2n) is 5.10. The molecule has 0 aliphatic rings. The Labute approximate surface area is 124 Å². The molecule has 2 aromatic heterocycles. The Hall–Kier alpha value is -2.56. The van der Waals surface area contributed by atoms with Gasteiger partial charge in [-0.2, -0.15) is 13.2 Å². The maximum absolute atomic E-state index is 13.2. The van der Waals surface area contributed by atoms with Gasteiger partial charge in [0.1, 0.15) is 0 Å². The molecule has 22 heavy (non-hydrogen) atoms. The van der Waals surface area contributed by atoms with Crippen molar-refractivity contribution in [1.29, 1.82) is 0 Å². The predicted octanol–water partition coefficient (Wildman–Crippen LogP) is 4.50. The second-order valence-corrected chi connectivity index (χ2v) is 5.10. The number of carbonyl (C=O) groups is 1. The summed E-state index contributed by atoms with van der Waals surface area (Å²) in [4.78, 5) is 12.5. The quantitative estimate of drug-likeness (QED) is 0.639. The summed E-state index contributed by atoms with van der Waals surface area (Å²) in [5.41, 5.74) is 0.266. The van der Waals surface area contributed by atoms with E-state index in [0.717, 1.165) is 6.07 Å². The molecule has 3 rings (SSSR count). The average molecular weight is 303 g/mol. The van der Waals surface area contributed by atoms with Crippen molar-refractivity contribution in [2.45, 2.75) is 13.1 Å². The summed E-state index contributed by atoms with van der Waals surface area (Å²) < 4.78 is 40.9. The molecule has 0 unspecified atom stereocenters. The Morgan fingerprint density at radius 1 is 1.05 bits per heavy atom. The van der Waals surface area contributed by atoms with Crippen LogP contribution in [-0.2, 0) is 6.18 Å². The van der Waals surface area contributed by atoms with Crippen molar-refractivity contribution in [2.24, 2.45) is 0 Å². The van der Waals surface area contributed by atoms with Crippen LogP contribution in [0.25, 0.3) is 5.52 Å². The predicted molar refractivity (Wildman–Crippen MR) is 77.0 cm³/mol. The van der Waals surface area contributed by atoms with Gasteiger partial charge in [-0.3, -0.25) is 4.79 Å². The summed E-state index contributed by atoms with van der Waals surface area (Å²) >= 11 is 0. The molecular weight excluding hydrogens is 291 g/mol. The highest BCUT2D eigenvalue weighted by molar-refractivity contribution is 6.08. The first-order chi connectivity index (χ1) is 10.4. The highest BCUT2D eigenvalue weighted by atomic mass is 19.4. The number of hydrogen-bond donors (Lipinski definition) is 0. The maximum atomic E-state index is 13.2. The molecule has 2 nitrogen and oxygen atoms in total. The summed E-state index contributed by atoms with van der Waals surface area (Å²) in [5.74, 6) is -0.435. The standard InChI is InChI=1S/C17H12F3NO/c1-11-7-8-21-14(9-11)13(17(18,19)20)10-15(21)16(22)12-5-3-2-4-6-12/h2-10H,1H3. The Balaban J connectivity index is 2.25. The third-order valence-corrected chi connectivity index (χ3v) is 3.50. The first-order valence-electron chi connectivity index (χ1n) is 6.66. The minimum Gasteiger partial charge on any atom is -0.313 e. The number of halogens is 3. The topological polar surface area (TPSA) is 21.5 Å². The number of ketones is 1. The van der Waals surface area contributed by atoms with E-state index in [1.807, 2.05) is 0 Å². The lowest BCUT2D eigenvalue weighted by molar-refractivity contribution is -0.136. The van der Waals surface area contributed by atoms with Crippen LogP contribution in [-0.4, -0.2) is 10.2 Å². The minimum absolute atomic E-state index is 0.00761. The molecule has 0 N–H and O–H groups in total. The van der Waals surface area contributed by atoms with Crippen molar-refractivity contribution in [1.82, 2.24) is 4.40 Å². The van der Waals surface area contributed by atoms with Gasteiger partial charge in [0.15, 0.2) is 0 Å². The molecule has 0 fully saturated rings. The van der Waals surface area contributed by atoms with Gasteiger partial charge >= 0.3 is 6.18 Å². The number of aryl methyl sites for hydroxylation is 1. The van der Waals surface area contributed by atoms with Gasteiger partial charge in [0.2, 0.25) is 5.78 Å². The highest BCUT2D eigenvalue weighted by Crippen LogP contribution is 2.35. The van der Waals surface area contributed by atoms with Crippen LogP contribution >= 0.6 is 0 Å². The van der Waals surface area contributed by atoms with E-state index in [2.05, 4.69) is 0 Å². The van der Waals surface area contributed by atoms with Crippen molar-refractivity contribution in [3.63, 3.8) is 0 Å². The molecule has 1 aromatic carbocycles. The van der Waals surface area contributed by atoms with Gasteiger partial charge in [0.25, 0.3) is 0 Å². The zero-order chi connectivity index (χ0) is 15.9. The van der Waals surface area contributed by atoms with Crippen molar-refractivity contribution >= 4 is 11.3 Å². The summed E-state index contributed by atoms with van der Waals surface area (Å²) in [6.45, 7) is 1.71. The molecule has 0 radical (unpaired) electrons. The van der Waals surface area contributed by atoms with E-state index in [-0.39, 0.29) is 11.2 Å². The summed E-state index contributed by atoms with van der Waals surface area (Å²) in [7, 11) is 0. The molecule has 0 saturated heterocycles. The summed E-state index contributed by atoms with van der Waals surface area (Å²) in [6, 6.07) is 12.3. The van der Waals surface area contributed by atoms with Gasteiger partial charge < -0.3 is 4.40 Å². The Morgan fingerprint density at radius 2 is 1.73 bits per heavy atom. The third kappa shape index (κ3) is 2.39. The van der Waals surface area contributed by atoms with Gasteiger partial charge in [-0.15, -0.1) is 0 Å². The summed E-state index contributed by atoms with van der Waals surface area (Å²) in [6.07, 6.45) is -3.01. The van der Waals surface area contributed by atoms with Crippen molar-refractivity contribution in [3.05, 3.63) is 77.1 Å². The van der Waals surface area contributed by atoms with Crippen LogP contribution in [0.1, 0.15) is 27.2 Å². The zero-order valence-electron chi connectivity index (χ0n) is 11.7. The lowest BCUT2D eigenvalue weighted by atomic mass is 10.1. The third-order valence-electron chi connectivity index (χ3n) is 3.50. The lowest BCUT2D eigenvalue weighted by Gasteiger charge is -2.05. The molecule has 0 bridgehead atoms. The number of carbonyl (C=O) groups excluding carboxylic acids is 1. The van der Waals surface area contributed by atoms with Gasteiger partial charge in [-0.25, -0.2) is 0 Å². The average Bonchev–Trinajstić information content (AvgIpc) is 2.86. The molecule has 3 aromatic rings. The van der Waals surface area contributed by atoms with Gasteiger partial charge in [0.05, 0.1) is 16.8 Å². The van der Waals surface area contributed by atoms with E-state index in [0.29, 0.717) is 11.1 Å². The van der Waals surface area contributed by atoms with E-state index in [1.54, 1.807) is 43.3 Å². The molecule has 0 atom stereocenters. The number of nitrogens with zero attached hydrogens (tertiary/aromatic N) is 1. The fraction of sp³-hybridized carbons (Fsp3) is 0.118. The van der Waals surface area contributed by atoms with Crippen molar-refractivity contribution in [2.75, 3.05) is 0 Å². The maximum Gasteiger partial charge on any atom is 0.418 e. The number of benzene rings is 1. The van der Waals surface area contributed by atoms with Gasteiger partial charge in [-0.1, -0.05) is 30.3 Å². The van der Waals surface area contributed by atoms with Crippen LogP contribution in [0.2, 0.25) is 0 Å². The summed E-state index contributed by atoms with van der Waals surface area (Å²) in [5, 5.41) is 0. The van der Waals surface area contributed by atoms with Crippen LogP contribution in [0, 0.1) is 6.92 Å². The van der Waals surface area contributed by atoms with Gasteiger partial charge in [-0.05, 0) is 30.7 Å². The molecule has 0 spiro atoms. The SMILES string of the molecule is Cc1ccn2c(C(=O)c3ccccc3)cc(C(F)(F)F)c2c1. The fourth-order valence-corrected chi connectivity index (χ4v) is 2.44. The normalized spacial score (nSPS) is 11.8. The highest BCUT2D eigenvalue weighted by Gasteiger charge is 2.35. The fourth-order valence-electron chi connectivity index (χ4n) is 2.44. The van der Waals surface area contributed by atoms with Crippen LogP contribution in [0.3, 0.4) is 0 Å².